The molecule has 0 heterocycles. The van der Waals surface area contributed by atoms with Gasteiger partial charge in [0.25, 0.3) is 5.91 Å². The van der Waals surface area contributed by atoms with Gasteiger partial charge in [-0.05, 0) is 41.8 Å². The number of rotatable bonds is 11. The minimum Gasteiger partial charge on any atom is -0.493 e. The number of benzene rings is 2. The van der Waals surface area contributed by atoms with Crippen LogP contribution in [0.25, 0.3) is 0 Å². The Morgan fingerprint density at radius 1 is 1.00 bits per heavy atom. The van der Waals surface area contributed by atoms with E-state index in [1.54, 1.807) is 32.4 Å². The summed E-state index contributed by atoms with van der Waals surface area (Å²) in [5.41, 5.74) is 1.90. The SMILES string of the molecule is COc1ccc(CCNC(=O)COC(=O)CSCc2ccc(F)cc2)cc1OC. The monoisotopic (exact) mass is 421 g/mol. The average molecular weight is 421 g/mol. The molecule has 1 amide bonds. The van der Waals surface area contributed by atoms with Crippen molar-refractivity contribution in [1.29, 1.82) is 0 Å². The molecule has 0 aliphatic rings. The van der Waals surface area contributed by atoms with Crippen LogP contribution >= 0.6 is 11.8 Å². The van der Waals surface area contributed by atoms with Gasteiger partial charge in [0, 0.05) is 12.3 Å². The van der Waals surface area contributed by atoms with E-state index < -0.39 is 5.97 Å². The Balaban J connectivity index is 1.61. The highest BCUT2D eigenvalue weighted by Crippen LogP contribution is 2.27. The molecule has 2 rings (SSSR count). The van der Waals surface area contributed by atoms with Crippen molar-refractivity contribution in [2.75, 3.05) is 33.1 Å². The third kappa shape index (κ3) is 8.03. The van der Waals surface area contributed by atoms with Crippen LogP contribution in [0.1, 0.15) is 11.1 Å². The number of thioether (sulfide) groups is 1. The third-order valence-electron chi connectivity index (χ3n) is 3.95. The van der Waals surface area contributed by atoms with Gasteiger partial charge < -0.3 is 19.5 Å². The highest BCUT2D eigenvalue weighted by molar-refractivity contribution is 7.99. The zero-order valence-electron chi connectivity index (χ0n) is 16.4. The summed E-state index contributed by atoms with van der Waals surface area (Å²) in [4.78, 5) is 23.5. The van der Waals surface area contributed by atoms with Crippen molar-refractivity contribution >= 4 is 23.6 Å². The molecule has 6 nitrogen and oxygen atoms in total. The van der Waals surface area contributed by atoms with Crippen LogP contribution in [0.4, 0.5) is 4.39 Å². The van der Waals surface area contributed by atoms with Gasteiger partial charge in [0.2, 0.25) is 0 Å². The molecule has 0 aliphatic heterocycles. The summed E-state index contributed by atoms with van der Waals surface area (Å²) in [6.45, 7) is 0.0903. The number of methoxy groups -OCH3 is 2. The maximum atomic E-state index is 12.8. The number of esters is 1. The number of hydrogen-bond acceptors (Lipinski definition) is 6. The highest BCUT2D eigenvalue weighted by atomic mass is 32.2. The van der Waals surface area contributed by atoms with Crippen molar-refractivity contribution < 1.29 is 28.2 Å². The van der Waals surface area contributed by atoms with Crippen molar-refractivity contribution in [3.63, 3.8) is 0 Å². The van der Waals surface area contributed by atoms with Gasteiger partial charge in [-0.3, -0.25) is 9.59 Å². The van der Waals surface area contributed by atoms with E-state index >= 15 is 0 Å². The summed E-state index contributed by atoms with van der Waals surface area (Å²) >= 11 is 1.34. The summed E-state index contributed by atoms with van der Waals surface area (Å²) in [7, 11) is 3.13. The molecule has 156 valence electrons. The van der Waals surface area contributed by atoms with E-state index in [9.17, 15) is 14.0 Å². The summed E-state index contributed by atoms with van der Waals surface area (Å²) in [5.74, 6) is 0.834. The Bertz CT molecular complexity index is 813. The zero-order chi connectivity index (χ0) is 21.1. The molecule has 2 aromatic carbocycles. The molecule has 0 spiro atoms. The lowest BCUT2D eigenvalue weighted by molar-refractivity contribution is -0.145. The van der Waals surface area contributed by atoms with Gasteiger partial charge in [0.15, 0.2) is 18.1 Å². The fourth-order valence-corrected chi connectivity index (χ4v) is 3.23. The Morgan fingerprint density at radius 2 is 1.69 bits per heavy atom. The fourth-order valence-electron chi connectivity index (χ4n) is 2.45. The summed E-state index contributed by atoms with van der Waals surface area (Å²) < 4.78 is 28.2. The van der Waals surface area contributed by atoms with Crippen molar-refractivity contribution in [1.82, 2.24) is 5.32 Å². The molecule has 0 radical (unpaired) electrons. The van der Waals surface area contributed by atoms with Gasteiger partial charge in [-0.15, -0.1) is 11.8 Å². The number of nitrogens with one attached hydrogen (secondary N) is 1. The van der Waals surface area contributed by atoms with E-state index in [-0.39, 0.29) is 24.1 Å². The number of halogens is 1. The van der Waals surface area contributed by atoms with Gasteiger partial charge in [-0.2, -0.15) is 0 Å². The molecule has 0 saturated carbocycles. The van der Waals surface area contributed by atoms with Crippen molar-refractivity contribution in [2.45, 2.75) is 12.2 Å². The molecule has 0 saturated heterocycles. The van der Waals surface area contributed by atoms with E-state index in [4.69, 9.17) is 14.2 Å². The lowest BCUT2D eigenvalue weighted by Gasteiger charge is -2.10. The van der Waals surface area contributed by atoms with Crippen molar-refractivity contribution in [3.8, 4) is 11.5 Å². The van der Waals surface area contributed by atoms with Crippen LogP contribution < -0.4 is 14.8 Å². The first kappa shape index (κ1) is 22.5. The normalized spacial score (nSPS) is 10.3. The molecule has 8 heteroatoms. The zero-order valence-corrected chi connectivity index (χ0v) is 17.2. The predicted molar refractivity (Wildman–Crippen MR) is 110 cm³/mol. The maximum Gasteiger partial charge on any atom is 0.316 e. The van der Waals surface area contributed by atoms with Crippen LogP contribution in [-0.4, -0.2) is 45.0 Å². The standard InChI is InChI=1S/C21H24FNO5S/c1-26-18-8-5-15(11-19(18)27-2)9-10-23-20(24)12-28-21(25)14-29-13-16-3-6-17(22)7-4-16/h3-8,11H,9-10,12-14H2,1-2H3,(H,23,24). The molecular weight excluding hydrogens is 397 g/mol. The van der Waals surface area contributed by atoms with Crippen LogP contribution in [0.15, 0.2) is 42.5 Å². The summed E-state index contributed by atoms with van der Waals surface area (Å²) in [6.07, 6.45) is 0.605. The summed E-state index contributed by atoms with van der Waals surface area (Å²) in [6, 6.07) is 11.6. The van der Waals surface area contributed by atoms with E-state index in [0.29, 0.717) is 30.2 Å². The van der Waals surface area contributed by atoms with E-state index in [2.05, 4.69) is 5.32 Å². The van der Waals surface area contributed by atoms with Gasteiger partial charge in [0.05, 0.1) is 20.0 Å². The minimum atomic E-state index is -0.466. The second-order valence-electron chi connectivity index (χ2n) is 6.07. The number of carbonyl (C=O) groups is 2. The van der Waals surface area contributed by atoms with Crippen LogP contribution in [0.5, 0.6) is 11.5 Å². The molecule has 0 fully saturated rings. The largest absolute Gasteiger partial charge is 0.493 e. The van der Waals surface area contributed by atoms with Gasteiger partial charge in [-0.25, -0.2) is 4.39 Å². The van der Waals surface area contributed by atoms with E-state index in [1.807, 2.05) is 12.1 Å². The Labute approximate surface area is 173 Å². The summed E-state index contributed by atoms with van der Waals surface area (Å²) in [5, 5.41) is 2.71. The molecule has 1 N–H and O–H groups in total. The van der Waals surface area contributed by atoms with Gasteiger partial charge in [-0.1, -0.05) is 18.2 Å². The Kier molecular flexibility index (Phi) is 9.30. The average Bonchev–Trinajstić information content (AvgIpc) is 2.73. The van der Waals surface area contributed by atoms with Gasteiger partial charge in [0.1, 0.15) is 5.82 Å². The molecule has 0 bridgehead atoms. The second kappa shape index (κ2) is 12.0. The van der Waals surface area contributed by atoms with Crippen LogP contribution in [0, 0.1) is 5.82 Å². The topological polar surface area (TPSA) is 73.9 Å². The first-order valence-corrected chi connectivity index (χ1v) is 10.1. The smallest absolute Gasteiger partial charge is 0.316 e. The molecule has 0 aliphatic carbocycles. The number of ether oxygens (including phenoxy) is 3. The first-order chi connectivity index (χ1) is 14.0. The maximum absolute atomic E-state index is 12.8. The number of hydrogen-bond donors (Lipinski definition) is 1. The van der Waals surface area contributed by atoms with E-state index in [1.165, 1.54) is 23.9 Å². The number of amides is 1. The highest BCUT2D eigenvalue weighted by Gasteiger charge is 2.09. The van der Waals surface area contributed by atoms with Crippen LogP contribution in [0.2, 0.25) is 0 Å². The van der Waals surface area contributed by atoms with Crippen molar-refractivity contribution in [3.05, 3.63) is 59.4 Å². The van der Waals surface area contributed by atoms with Crippen molar-refractivity contribution in [2.24, 2.45) is 0 Å². The second-order valence-corrected chi connectivity index (χ2v) is 7.05. The molecule has 29 heavy (non-hydrogen) atoms. The Morgan fingerprint density at radius 3 is 2.38 bits per heavy atom. The molecular formula is C21H24FNO5S. The molecule has 0 aromatic heterocycles. The fraction of sp³-hybridized carbons (Fsp3) is 0.333. The Hall–Kier alpha value is -2.74. The quantitative estimate of drug-likeness (QED) is 0.563. The molecule has 2 aromatic rings. The predicted octanol–water partition coefficient (Wildman–Crippen LogP) is 2.98. The first-order valence-electron chi connectivity index (χ1n) is 8.97. The van der Waals surface area contributed by atoms with E-state index in [0.717, 1.165) is 11.1 Å². The lowest BCUT2D eigenvalue weighted by atomic mass is 10.1. The molecule has 0 atom stereocenters. The van der Waals surface area contributed by atoms with Crippen LogP contribution in [0.3, 0.4) is 0 Å². The number of carbonyl (C=O) groups excluding carboxylic acids is 2. The minimum absolute atomic E-state index is 0.121. The van der Waals surface area contributed by atoms with Gasteiger partial charge >= 0.3 is 5.97 Å². The lowest BCUT2D eigenvalue weighted by Crippen LogP contribution is -2.30. The molecule has 0 unspecified atom stereocenters. The third-order valence-corrected chi connectivity index (χ3v) is 4.93. The van der Waals surface area contributed by atoms with Crippen LogP contribution in [-0.2, 0) is 26.5 Å².